The third-order valence-electron chi connectivity index (χ3n) is 5.08. The van der Waals surface area contributed by atoms with Crippen LogP contribution in [0, 0.1) is 0 Å². The van der Waals surface area contributed by atoms with E-state index in [4.69, 9.17) is 42.6 Å². The second kappa shape index (κ2) is 18.6. The SMILES string of the molecule is COC(=O)[C@H](Cc1ccc2c(c1)OCCOCCOCCOCCOCCOCCO2)NC(=O)OC(C)(C)C. The van der Waals surface area contributed by atoms with Crippen molar-refractivity contribution in [3.05, 3.63) is 23.8 Å². The van der Waals surface area contributed by atoms with E-state index < -0.39 is 23.7 Å². The molecule has 0 radical (unpaired) electrons. The maximum atomic E-state index is 12.4. The normalized spacial score (nSPS) is 18.2. The maximum absolute atomic E-state index is 12.4. The summed E-state index contributed by atoms with van der Waals surface area (Å²) in [6.07, 6.45) is -0.557. The van der Waals surface area contributed by atoms with Gasteiger partial charge >= 0.3 is 12.1 Å². The summed E-state index contributed by atoms with van der Waals surface area (Å²) in [6, 6.07) is 4.35. The summed E-state index contributed by atoms with van der Waals surface area (Å²) < 4.78 is 49.5. The quantitative estimate of drug-likeness (QED) is 0.547. The van der Waals surface area contributed by atoms with Crippen LogP contribution in [0.1, 0.15) is 26.3 Å². The van der Waals surface area contributed by atoms with Crippen molar-refractivity contribution in [1.29, 1.82) is 0 Å². The number of carbonyl (C=O) groups is 2. The number of rotatable bonds is 4. The largest absolute Gasteiger partial charge is 0.487 e. The van der Waals surface area contributed by atoms with Gasteiger partial charge in [-0.15, -0.1) is 0 Å². The number of methoxy groups -OCH3 is 1. The molecule has 0 unspecified atom stereocenters. The van der Waals surface area contributed by atoms with Crippen LogP contribution >= 0.6 is 0 Å². The Morgan fingerprint density at radius 2 is 1.23 bits per heavy atom. The van der Waals surface area contributed by atoms with Gasteiger partial charge in [-0.1, -0.05) is 6.07 Å². The Balaban J connectivity index is 2.04. The molecule has 12 heteroatoms. The predicted octanol–water partition coefficient (Wildman–Crippen LogP) is 2.15. The molecule has 0 spiro atoms. The van der Waals surface area contributed by atoms with Gasteiger partial charge in [-0.05, 0) is 38.5 Å². The summed E-state index contributed by atoms with van der Waals surface area (Å²) in [5.41, 5.74) is 0.0121. The molecule has 1 heterocycles. The molecular weight excluding hydrogens is 514 g/mol. The molecular formula is C27H43NO11. The Kier molecular flexibility index (Phi) is 15.5. The van der Waals surface area contributed by atoms with Crippen molar-refractivity contribution in [2.45, 2.75) is 38.8 Å². The molecule has 1 aromatic carbocycles. The summed E-state index contributed by atoms with van der Waals surface area (Å²) in [7, 11) is 1.26. The fourth-order valence-corrected chi connectivity index (χ4v) is 3.34. The van der Waals surface area contributed by atoms with E-state index in [0.717, 1.165) is 5.56 Å². The summed E-state index contributed by atoms with van der Waals surface area (Å²) >= 11 is 0. The minimum atomic E-state index is -0.954. The molecule has 0 saturated heterocycles. The minimum Gasteiger partial charge on any atom is -0.487 e. The minimum absolute atomic E-state index is 0.156. The van der Waals surface area contributed by atoms with Gasteiger partial charge < -0.3 is 47.9 Å². The van der Waals surface area contributed by atoms with Gasteiger partial charge in [0.2, 0.25) is 0 Å². The van der Waals surface area contributed by atoms with Crippen LogP contribution in [-0.4, -0.2) is 110 Å². The lowest BCUT2D eigenvalue weighted by atomic mass is 10.1. The zero-order valence-corrected chi connectivity index (χ0v) is 23.5. The second-order valence-corrected chi connectivity index (χ2v) is 9.47. The Morgan fingerprint density at radius 3 is 1.69 bits per heavy atom. The fraction of sp³-hybridized carbons (Fsp3) is 0.704. The van der Waals surface area contributed by atoms with E-state index in [1.807, 2.05) is 0 Å². The third-order valence-corrected chi connectivity index (χ3v) is 5.08. The van der Waals surface area contributed by atoms with Crippen molar-refractivity contribution < 1.29 is 52.2 Å². The molecule has 0 saturated carbocycles. The van der Waals surface area contributed by atoms with Gasteiger partial charge in [0.15, 0.2) is 11.5 Å². The van der Waals surface area contributed by atoms with Gasteiger partial charge in [0.25, 0.3) is 0 Å². The van der Waals surface area contributed by atoms with E-state index in [9.17, 15) is 9.59 Å². The number of ether oxygens (including phenoxy) is 9. The van der Waals surface area contributed by atoms with Crippen LogP contribution in [0.3, 0.4) is 0 Å². The Morgan fingerprint density at radius 1 is 0.769 bits per heavy atom. The summed E-state index contributed by atoms with van der Waals surface area (Å²) in [6.45, 7) is 10.2. The highest BCUT2D eigenvalue weighted by molar-refractivity contribution is 5.81. The van der Waals surface area contributed by atoms with Crippen LogP contribution < -0.4 is 14.8 Å². The molecule has 0 fully saturated rings. The van der Waals surface area contributed by atoms with Crippen LogP contribution in [0.5, 0.6) is 11.5 Å². The highest BCUT2D eigenvalue weighted by atomic mass is 16.6. The van der Waals surface area contributed by atoms with Gasteiger partial charge in [0.1, 0.15) is 24.9 Å². The van der Waals surface area contributed by atoms with Gasteiger partial charge in [-0.25, -0.2) is 9.59 Å². The van der Waals surface area contributed by atoms with E-state index in [1.165, 1.54) is 7.11 Å². The van der Waals surface area contributed by atoms with Crippen molar-refractivity contribution in [1.82, 2.24) is 5.32 Å². The molecule has 1 aliphatic heterocycles. The molecule has 0 aliphatic carbocycles. The second-order valence-electron chi connectivity index (χ2n) is 9.47. The number of fused-ring (bicyclic) bond motifs is 1. The Labute approximate surface area is 230 Å². The molecule has 2 rings (SSSR count). The van der Waals surface area contributed by atoms with E-state index in [2.05, 4.69) is 5.32 Å². The molecule has 1 atom stereocenters. The van der Waals surface area contributed by atoms with E-state index in [-0.39, 0.29) is 13.0 Å². The summed E-state index contributed by atoms with van der Waals surface area (Å²) in [4.78, 5) is 24.7. The molecule has 1 amide bonds. The lowest BCUT2D eigenvalue weighted by Gasteiger charge is -2.23. The van der Waals surface area contributed by atoms with E-state index >= 15 is 0 Å². The molecule has 222 valence electrons. The number of amides is 1. The number of hydrogen-bond donors (Lipinski definition) is 1. The molecule has 1 aromatic rings. The fourth-order valence-electron chi connectivity index (χ4n) is 3.34. The van der Waals surface area contributed by atoms with Gasteiger partial charge in [0.05, 0.1) is 73.2 Å². The number of nitrogens with one attached hydrogen (secondary N) is 1. The average Bonchev–Trinajstić information content (AvgIpc) is 2.88. The number of esters is 1. The van der Waals surface area contributed by atoms with E-state index in [1.54, 1.807) is 39.0 Å². The first-order valence-corrected chi connectivity index (χ1v) is 13.1. The van der Waals surface area contributed by atoms with Crippen molar-refractivity contribution in [3.63, 3.8) is 0 Å². The first-order valence-electron chi connectivity index (χ1n) is 13.1. The standard InChI is InChI=1S/C27H43NO11/c1-27(2,3)39-26(30)28-22(25(29)31-4)19-21-5-6-23-24(20-21)38-18-16-36-14-12-34-10-8-32-7-9-33-11-13-35-15-17-37-23/h5-6,20,22H,7-19H2,1-4H3,(H,28,30)/t22-/m0/s1. The number of alkyl carbamates (subject to hydrolysis) is 1. The predicted molar refractivity (Wildman–Crippen MR) is 140 cm³/mol. The molecule has 0 aromatic heterocycles. The van der Waals surface area contributed by atoms with Gasteiger partial charge in [-0.3, -0.25) is 0 Å². The van der Waals surface area contributed by atoms with Crippen molar-refractivity contribution in [2.75, 3.05) is 86.4 Å². The van der Waals surface area contributed by atoms with Crippen LogP contribution in [0.15, 0.2) is 18.2 Å². The highest BCUT2D eigenvalue weighted by Crippen LogP contribution is 2.29. The number of hydrogen-bond acceptors (Lipinski definition) is 11. The third kappa shape index (κ3) is 14.9. The lowest BCUT2D eigenvalue weighted by Crippen LogP contribution is -2.45. The summed E-state index contributed by atoms with van der Waals surface area (Å²) in [5.74, 6) is 0.390. The van der Waals surface area contributed by atoms with Crippen LogP contribution in [0.2, 0.25) is 0 Å². The highest BCUT2D eigenvalue weighted by Gasteiger charge is 2.26. The van der Waals surface area contributed by atoms with Gasteiger partial charge in [-0.2, -0.15) is 0 Å². The maximum Gasteiger partial charge on any atom is 0.408 e. The van der Waals surface area contributed by atoms with Gasteiger partial charge in [0, 0.05) is 6.42 Å². The first kappa shape index (κ1) is 32.6. The smallest absolute Gasteiger partial charge is 0.408 e. The van der Waals surface area contributed by atoms with Crippen LogP contribution in [-0.2, 0) is 44.4 Å². The Hall–Kier alpha value is -2.64. The van der Waals surface area contributed by atoms with Crippen molar-refractivity contribution in [2.24, 2.45) is 0 Å². The molecule has 39 heavy (non-hydrogen) atoms. The zero-order valence-electron chi connectivity index (χ0n) is 23.5. The molecule has 12 nitrogen and oxygen atoms in total. The average molecular weight is 558 g/mol. The lowest BCUT2D eigenvalue weighted by molar-refractivity contribution is -0.143. The van der Waals surface area contributed by atoms with Crippen LogP contribution in [0.25, 0.3) is 0 Å². The zero-order chi connectivity index (χ0) is 28.3. The molecule has 1 aliphatic rings. The first-order chi connectivity index (χ1) is 18.8. The molecule has 1 N–H and O–H groups in total. The van der Waals surface area contributed by atoms with E-state index in [0.29, 0.717) is 84.2 Å². The van der Waals surface area contributed by atoms with Crippen LogP contribution in [0.4, 0.5) is 4.79 Å². The van der Waals surface area contributed by atoms with Crippen molar-refractivity contribution >= 4 is 12.1 Å². The number of carbonyl (C=O) groups excluding carboxylic acids is 2. The number of benzene rings is 1. The topological polar surface area (TPSA) is 129 Å². The monoisotopic (exact) mass is 557 g/mol. The van der Waals surface area contributed by atoms with Crippen molar-refractivity contribution in [3.8, 4) is 11.5 Å². The Bertz CT molecular complexity index is 844. The molecule has 0 bridgehead atoms. The summed E-state index contributed by atoms with van der Waals surface area (Å²) in [5, 5.41) is 2.58.